The Labute approximate surface area is 106 Å². The van der Waals surface area contributed by atoms with Crippen LogP contribution in [0.4, 0.5) is 0 Å². The van der Waals surface area contributed by atoms with E-state index in [1.165, 1.54) is 0 Å². The van der Waals surface area contributed by atoms with Gasteiger partial charge in [-0.2, -0.15) is 0 Å². The van der Waals surface area contributed by atoms with Gasteiger partial charge < -0.3 is 10.0 Å². The largest absolute Gasteiger partial charge is 0.478 e. The molecule has 4 nitrogen and oxygen atoms in total. The summed E-state index contributed by atoms with van der Waals surface area (Å²) in [6.45, 7) is 5.22. The molecule has 0 saturated carbocycles. The van der Waals surface area contributed by atoms with Crippen molar-refractivity contribution >= 4 is 11.8 Å². The lowest BCUT2D eigenvalue weighted by molar-refractivity contribution is 0.0697. The fourth-order valence-electron chi connectivity index (χ4n) is 1.80. The van der Waals surface area contributed by atoms with Crippen LogP contribution in [0, 0.1) is 0 Å². The third-order valence-electron chi connectivity index (χ3n) is 2.67. The van der Waals surface area contributed by atoms with Crippen molar-refractivity contribution in [3.05, 3.63) is 60.3 Å². The number of rotatable bonds is 4. The first kappa shape index (κ1) is 12.1. The number of aromatic carboxylic acids is 1. The van der Waals surface area contributed by atoms with Gasteiger partial charge in [0.05, 0.1) is 5.56 Å². The van der Waals surface area contributed by atoms with Gasteiger partial charge in [0.1, 0.15) is 5.84 Å². The highest BCUT2D eigenvalue weighted by Gasteiger charge is 2.13. The van der Waals surface area contributed by atoms with E-state index in [0.717, 1.165) is 17.9 Å². The second-order valence-electron chi connectivity index (χ2n) is 3.91. The van der Waals surface area contributed by atoms with Gasteiger partial charge in [0, 0.05) is 24.9 Å². The Hall–Kier alpha value is -2.36. The standard InChI is InChI=1S/C14H14N2O2/c1-2-9-16-10-3-8-15-13(16)11-4-6-12(7-5-11)14(17)18/h2-8H,1,9-10H2,(H,17,18). The molecule has 1 aromatic rings. The summed E-state index contributed by atoms with van der Waals surface area (Å²) in [5.74, 6) is -0.0793. The Balaban J connectivity index is 2.28. The minimum atomic E-state index is -0.921. The zero-order valence-electron chi connectivity index (χ0n) is 9.91. The van der Waals surface area contributed by atoms with Crippen molar-refractivity contribution in [2.24, 2.45) is 4.99 Å². The highest BCUT2D eigenvalue weighted by molar-refractivity contribution is 6.00. The Bertz CT molecular complexity index is 513. The maximum Gasteiger partial charge on any atom is 0.335 e. The Morgan fingerprint density at radius 2 is 2.17 bits per heavy atom. The first-order chi connectivity index (χ1) is 8.72. The molecule has 0 unspecified atom stereocenters. The molecule has 18 heavy (non-hydrogen) atoms. The van der Waals surface area contributed by atoms with Gasteiger partial charge in [-0.15, -0.1) is 6.58 Å². The van der Waals surface area contributed by atoms with Crippen LogP contribution in [0.2, 0.25) is 0 Å². The summed E-state index contributed by atoms with van der Waals surface area (Å²) in [5.41, 5.74) is 1.19. The number of carboxylic acids is 1. The second kappa shape index (κ2) is 5.31. The molecule has 0 spiro atoms. The summed E-state index contributed by atoms with van der Waals surface area (Å²) in [5, 5.41) is 8.86. The van der Waals surface area contributed by atoms with Crippen LogP contribution in [-0.4, -0.2) is 34.9 Å². The van der Waals surface area contributed by atoms with E-state index < -0.39 is 5.97 Å². The first-order valence-corrected chi connectivity index (χ1v) is 5.65. The van der Waals surface area contributed by atoms with Crippen LogP contribution in [-0.2, 0) is 0 Å². The normalized spacial score (nSPS) is 14.2. The van der Waals surface area contributed by atoms with Crippen molar-refractivity contribution in [3.63, 3.8) is 0 Å². The number of hydrogen-bond acceptors (Lipinski definition) is 3. The number of aliphatic imine (C=N–C) groups is 1. The quantitative estimate of drug-likeness (QED) is 0.823. The molecule has 1 aliphatic heterocycles. The molecule has 0 atom stereocenters. The first-order valence-electron chi connectivity index (χ1n) is 5.65. The molecule has 0 aromatic heterocycles. The molecule has 0 bridgehead atoms. The average molecular weight is 242 g/mol. The molecule has 4 heteroatoms. The van der Waals surface area contributed by atoms with Crippen LogP contribution in [0.5, 0.6) is 0 Å². The van der Waals surface area contributed by atoms with Crippen LogP contribution in [0.15, 0.2) is 54.2 Å². The van der Waals surface area contributed by atoms with E-state index in [-0.39, 0.29) is 5.56 Å². The third kappa shape index (κ3) is 2.48. The Morgan fingerprint density at radius 3 is 2.78 bits per heavy atom. The van der Waals surface area contributed by atoms with E-state index in [4.69, 9.17) is 5.11 Å². The number of carbonyl (C=O) groups is 1. The molecule has 1 N–H and O–H groups in total. The van der Waals surface area contributed by atoms with Crippen molar-refractivity contribution in [1.82, 2.24) is 4.90 Å². The van der Waals surface area contributed by atoms with Crippen molar-refractivity contribution in [1.29, 1.82) is 0 Å². The van der Waals surface area contributed by atoms with Gasteiger partial charge in [0.25, 0.3) is 0 Å². The van der Waals surface area contributed by atoms with Gasteiger partial charge in [0.15, 0.2) is 0 Å². The highest BCUT2D eigenvalue weighted by Crippen LogP contribution is 2.12. The smallest absolute Gasteiger partial charge is 0.335 e. The SMILES string of the molecule is C=CCN1CC=CN=C1c1ccc(C(=O)O)cc1. The summed E-state index contributed by atoms with van der Waals surface area (Å²) < 4.78 is 0. The van der Waals surface area contributed by atoms with Gasteiger partial charge >= 0.3 is 5.97 Å². The molecule has 0 saturated heterocycles. The minimum absolute atomic E-state index is 0.279. The molecular weight excluding hydrogens is 228 g/mol. The molecule has 92 valence electrons. The average Bonchev–Trinajstić information content (AvgIpc) is 2.40. The van der Waals surface area contributed by atoms with Gasteiger partial charge in [-0.3, -0.25) is 0 Å². The molecule has 0 aliphatic carbocycles. The predicted molar refractivity (Wildman–Crippen MR) is 70.8 cm³/mol. The summed E-state index contributed by atoms with van der Waals surface area (Å²) in [6.07, 6.45) is 5.55. The second-order valence-corrected chi connectivity index (χ2v) is 3.91. The van der Waals surface area contributed by atoms with Crippen LogP contribution in [0.25, 0.3) is 0 Å². The Kier molecular flexibility index (Phi) is 3.57. The van der Waals surface area contributed by atoms with Gasteiger partial charge in [0.2, 0.25) is 0 Å². The maximum absolute atomic E-state index is 10.8. The number of carboxylic acid groups (broad SMARTS) is 1. The monoisotopic (exact) mass is 242 g/mol. The lowest BCUT2D eigenvalue weighted by Gasteiger charge is -2.25. The molecule has 1 heterocycles. The summed E-state index contributed by atoms with van der Waals surface area (Å²) in [4.78, 5) is 17.2. The van der Waals surface area contributed by atoms with Crippen LogP contribution in [0.1, 0.15) is 15.9 Å². The number of amidine groups is 1. The van der Waals surface area contributed by atoms with Crippen LogP contribution in [0.3, 0.4) is 0 Å². The molecule has 0 fully saturated rings. The van der Waals surface area contributed by atoms with Crippen molar-refractivity contribution in [2.45, 2.75) is 0 Å². The molecule has 2 rings (SSSR count). The summed E-state index contributed by atoms with van der Waals surface area (Å²) >= 11 is 0. The van der Waals surface area contributed by atoms with Gasteiger partial charge in [-0.25, -0.2) is 9.79 Å². The third-order valence-corrected chi connectivity index (χ3v) is 2.67. The lowest BCUT2D eigenvalue weighted by atomic mass is 10.1. The van der Waals surface area contributed by atoms with Gasteiger partial charge in [-0.1, -0.05) is 18.2 Å². The molecule has 1 aliphatic rings. The Morgan fingerprint density at radius 1 is 1.44 bits per heavy atom. The fourth-order valence-corrected chi connectivity index (χ4v) is 1.80. The zero-order chi connectivity index (χ0) is 13.0. The van der Waals surface area contributed by atoms with Crippen LogP contribution < -0.4 is 0 Å². The van der Waals surface area contributed by atoms with Crippen molar-refractivity contribution in [2.75, 3.05) is 13.1 Å². The topological polar surface area (TPSA) is 52.9 Å². The van der Waals surface area contributed by atoms with E-state index in [0.29, 0.717) is 6.54 Å². The highest BCUT2D eigenvalue weighted by atomic mass is 16.4. The lowest BCUT2D eigenvalue weighted by Crippen LogP contribution is -2.33. The van der Waals surface area contributed by atoms with E-state index in [2.05, 4.69) is 16.5 Å². The molecule has 0 radical (unpaired) electrons. The maximum atomic E-state index is 10.8. The number of hydrogen-bond donors (Lipinski definition) is 1. The summed E-state index contributed by atoms with van der Waals surface area (Å²) in [7, 11) is 0. The zero-order valence-corrected chi connectivity index (χ0v) is 9.91. The van der Waals surface area contributed by atoms with Gasteiger partial charge in [-0.05, 0) is 18.2 Å². The molecule has 1 aromatic carbocycles. The molecular formula is C14H14N2O2. The van der Waals surface area contributed by atoms with Crippen molar-refractivity contribution in [3.8, 4) is 0 Å². The van der Waals surface area contributed by atoms with Crippen LogP contribution >= 0.6 is 0 Å². The van der Waals surface area contributed by atoms with E-state index in [9.17, 15) is 4.79 Å². The van der Waals surface area contributed by atoms with E-state index in [1.807, 2.05) is 12.2 Å². The number of benzene rings is 1. The summed E-state index contributed by atoms with van der Waals surface area (Å²) in [6, 6.07) is 6.73. The predicted octanol–water partition coefficient (Wildman–Crippen LogP) is 2.15. The van der Waals surface area contributed by atoms with Crippen molar-refractivity contribution < 1.29 is 9.90 Å². The fraction of sp³-hybridized carbons (Fsp3) is 0.143. The number of nitrogens with zero attached hydrogens (tertiary/aromatic N) is 2. The van der Waals surface area contributed by atoms with E-state index >= 15 is 0 Å². The molecule has 0 amide bonds. The van der Waals surface area contributed by atoms with E-state index in [1.54, 1.807) is 30.5 Å². The minimum Gasteiger partial charge on any atom is -0.478 e.